The van der Waals surface area contributed by atoms with Crippen molar-refractivity contribution in [3.05, 3.63) is 12.2 Å². The molecule has 192 valence electrons. The van der Waals surface area contributed by atoms with Crippen LogP contribution in [0.25, 0.3) is 0 Å². The van der Waals surface area contributed by atoms with Crippen molar-refractivity contribution in [3.8, 4) is 0 Å². The molecule has 5 aliphatic rings. The van der Waals surface area contributed by atoms with Crippen LogP contribution in [0.2, 0.25) is 0 Å². The van der Waals surface area contributed by atoms with Gasteiger partial charge in [0.25, 0.3) is 0 Å². The van der Waals surface area contributed by atoms with Gasteiger partial charge in [0.15, 0.2) is 6.29 Å². The fourth-order valence-corrected chi connectivity index (χ4v) is 9.14. The smallest absolute Gasteiger partial charge is 0.187 e. The van der Waals surface area contributed by atoms with Gasteiger partial charge >= 0.3 is 0 Å². The zero-order valence-corrected chi connectivity index (χ0v) is 20.2. The van der Waals surface area contributed by atoms with E-state index in [1.165, 1.54) is 0 Å². The molecule has 1 aliphatic heterocycles. The molecule has 4 N–H and O–H groups in total. The van der Waals surface area contributed by atoms with Crippen LogP contribution in [0, 0.1) is 28.1 Å². The molecule has 1 spiro atoms. The number of carbonyl (C=O) groups is 1. The Hall–Kier alpha value is -1.03. The van der Waals surface area contributed by atoms with Crippen molar-refractivity contribution >= 4 is 5.97 Å². The van der Waals surface area contributed by atoms with Gasteiger partial charge in [0, 0.05) is 11.4 Å². The monoisotopic (exact) mass is 479 g/mol. The number of carboxylic acids is 1. The average Bonchev–Trinajstić information content (AvgIpc) is 2.98. The number of aliphatic hydroxyl groups excluding tert-OH is 4. The molecule has 0 aromatic rings. The number of aliphatic hydroxyl groups is 4. The van der Waals surface area contributed by atoms with Crippen LogP contribution in [0.4, 0.5) is 0 Å². The molecular formula is C26H39O8-. The zero-order valence-electron chi connectivity index (χ0n) is 20.2. The van der Waals surface area contributed by atoms with Crippen molar-refractivity contribution in [2.24, 2.45) is 28.1 Å². The first-order valence-corrected chi connectivity index (χ1v) is 12.8. The highest BCUT2D eigenvalue weighted by molar-refractivity contribution is 5.72. The van der Waals surface area contributed by atoms with E-state index in [2.05, 4.69) is 13.5 Å². The van der Waals surface area contributed by atoms with E-state index in [9.17, 15) is 30.3 Å². The van der Waals surface area contributed by atoms with E-state index in [0.717, 1.165) is 50.5 Å². The summed E-state index contributed by atoms with van der Waals surface area (Å²) in [5.74, 6) is -0.489. The maximum Gasteiger partial charge on any atom is 0.187 e. The van der Waals surface area contributed by atoms with Crippen LogP contribution in [0.5, 0.6) is 0 Å². The van der Waals surface area contributed by atoms with Gasteiger partial charge in [0.2, 0.25) is 0 Å². The molecule has 0 aromatic heterocycles. The second kappa shape index (κ2) is 7.98. The first-order valence-electron chi connectivity index (χ1n) is 12.8. The number of rotatable bonds is 4. The summed E-state index contributed by atoms with van der Waals surface area (Å²) in [6, 6.07) is 0. The minimum atomic E-state index is -1.48. The van der Waals surface area contributed by atoms with Crippen molar-refractivity contribution in [2.45, 2.75) is 108 Å². The van der Waals surface area contributed by atoms with Crippen molar-refractivity contribution in [3.63, 3.8) is 0 Å². The summed E-state index contributed by atoms with van der Waals surface area (Å²) in [6.07, 6.45) is 0.832. The van der Waals surface area contributed by atoms with E-state index in [-0.39, 0.29) is 16.7 Å². The summed E-state index contributed by atoms with van der Waals surface area (Å²) >= 11 is 0. The second-order valence-corrected chi connectivity index (χ2v) is 12.4. The lowest BCUT2D eigenvalue weighted by Gasteiger charge is -2.65. The van der Waals surface area contributed by atoms with Crippen LogP contribution >= 0.6 is 0 Å². The number of hydrogen-bond acceptors (Lipinski definition) is 8. The predicted octanol–water partition coefficient (Wildman–Crippen LogP) is 0.645. The number of carbonyl (C=O) groups excluding carboxylic acids is 1. The highest BCUT2D eigenvalue weighted by Crippen LogP contribution is 2.73. The van der Waals surface area contributed by atoms with Gasteiger partial charge in [-0.25, -0.2) is 0 Å². The quantitative estimate of drug-likeness (QED) is 0.340. The van der Waals surface area contributed by atoms with Gasteiger partial charge in [-0.1, -0.05) is 26.8 Å². The molecule has 1 saturated heterocycles. The normalized spacial score (nSPS) is 54.9. The maximum absolute atomic E-state index is 12.2. The third kappa shape index (κ3) is 3.22. The molecule has 5 fully saturated rings. The van der Waals surface area contributed by atoms with Crippen molar-refractivity contribution < 1.29 is 39.8 Å². The van der Waals surface area contributed by atoms with Crippen LogP contribution in [-0.4, -0.2) is 69.3 Å². The van der Waals surface area contributed by atoms with Crippen molar-refractivity contribution in [2.75, 3.05) is 6.61 Å². The molecule has 0 unspecified atom stereocenters. The number of carboxylic acid groups (broad SMARTS) is 1. The molecule has 4 aliphatic carbocycles. The Morgan fingerprint density at radius 1 is 1.09 bits per heavy atom. The Labute approximate surface area is 201 Å². The third-order valence-corrected chi connectivity index (χ3v) is 10.8. The maximum atomic E-state index is 12.2. The van der Waals surface area contributed by atoms with Crippen LogP contribution in [0.3, 0.4) is 0 Å². The average molecular weight is 480 g/mol. The molecule has 0 aromatic carbocycles. The SMILES string of the molecule is C=C1C[C@@]23CC[C@H]4[C@@](C)(CCC[C@@]4(C)C(=O)[O-])[C@@H]2CC[C@]1(O[C@@H]1O[C@H](CO)[C@@H](O)[C@H](O)[C@H]1O)C3. The molecule has 4 saturated carbocycles. The minimum absolute atomic E-state index is 0.0428. The molecule has 2 bridgehead atoms. The first-order chi connectivity index (χ1) is 15.9. The topological polar surface area (TPSA) is 140 Å². The summed E-state index contributed by atoms with van der Waals surface area (Å²) < 4.78 is 12.1. The molecule has 0 amide bonds. The van der Waals surface area contributed by atoms with Crippen LogP contribution < -0.4 is 5.11 Å². The number of ether oxygens (including phenoxy) is 2. The second-order valence-electron chi connectivity index (χ2n) is 12.4. The molecule has 34 heavy (non-hydrogen) atoms. The zero-order chi connectivity index (χ0) is 24.7. The molecular weight excluding hydrogens is 440 g/mol. The third-order valence-electron chi connectivity index (χ3n) is 10.8. The lowest BCUT2D eigenvalue weighted by molar-refractivity contribution is -0.332. The van der Waals surface area contributed by atoms with Gasteiger partial charge in [0.1, 0.15) is 24.4 Å². The number of fused-ring (bicyclic) bond motifs is 3. The Balaban J connectivity index is 1.41. The Morgan fingerprint density at radius 2 is 1.79 bits per heavy atom. The molecule has 8 nitrogen and oxygen atoms in total. The fourth-order valence-electron chi connectivity index (χ4n) is 9.14. The molecule has 11 atom stereocenters. The standard InChI is InChI=1S/C26H40O8/c1-14-11-25-9-5-16-23(2,7-4-8-24(16,3)22(31)32)17(25)6-10-26(14,13-25)34-21-20(30)19(29)18(28)15(12-27)33-21/h15-21,27-30H,1,4-13H2,2-3H3,(H,31,32)/p-1/t15-,16+,17+,18-,19+,20-,21+,23-,24-,25-,26+/m1/s1. The molecule has 0 radical (unpaired) electrons. The molecule has 5 rings (SSSR count). The van der Waals surface area contributed by atoms with Crippen LogP contribution in [0.15, 0.2) is 12.2 Å². The van der Waals surface area contributed by atoms with E-state index in [4.69, 9.17) is 9.47 Å². The van der Waals surface area contributed by atoms with Gasteiger partial charge in [-0.2, -0.15) is 0 Å². The fraction of sp³-hybridized carbons (Fsp3) is 0.885. The van der Waals surface area contributed by atoms with Gasteiger partial charge in [-0.3, -0.25) is 0 Å². The summed E-state index contributed by atoms with van der Waals surface area (Å²) in [5.41, 5.74) is -0.692. The van der Waals surface area contributed by atoms with Gasteiger partial charge in [-0.15, -0.1) is 0 Å². The molecule has 1 heterocycles. The summed E-state index contributed by atoms with van der Waals surface area (Å²) in [5, 5.41) is 52.7. The molecule has 8 heteroatoms. The Morgan fingerprint density at radius 3 is 2.47 bits per heavy atom. The van der Waals surface area contributed by atoms with Crippen molar-refractivity contribution in [1.29, 1.82) is 0 Å². The number of hydrogen-bond donors (Lipinski definition) is 4. The lowest BCUT2D eigenvalue weighted by Crippen LogP contribution is -2.62. The van der Waals surface area contributed by atoms with Gasteiger partial charge in [-0.05, 0) is 79.6 Å². The van der Waals surface area contributed by atoms with Crippen LogP contribution in [-0.2, 0) is 14.3 Å². The predicted molar refractivity (Wildman–Crippen MR) is 119 cm³/mol. The van der Waals surface area contributed by atoms with E-state index < -0.39 is 54.3 Å². The summed E-state index contributed by atoms with van der Waals surface area (Å²) in [7, 11) is 0. The minimum Gasteiger partial charge on any atom is -0.550 e. The van der Waals surface area contributed by atoms with Crippen LogP contribution in [0.1, 0.15) is 71.6 Å². The summed E-state index contributed by atoms with van der Waals surface area (Å²) in [4.78, 5) is 12.2. The van der Waals surface area contributed by atoms with E-state index in [1.54, 1.807) is 0 Å². The van der Waals surface area contributed by atoms with E-state index in [0.29, 0.717) is 18.8 Å². The Bertz CT molecular complexity index is 860. The first kappa shape index (κ1) is 24.7. The van der Waals surface area contributed by atoms with Gasteiger partial charge in [0.05, 0.1) is 12.2 Å². The largest absolute Gasteiger partial charge is 0.550 e. The van der Waals surface area contributed by atoms with E-state index >= 15 is 0 Å². The van der Waals surface area contributed by atoms with Crippen molar-refractivity contribution in [1.82, 2.24) is 0 Å². The van der Waals surface area contributed by atoms with Gasteiger partial charge < -0.3 is 39.8 Å². The van der Waals surface area contributed by atoms with E-state index in [1.807, 2.05) is 6.92 Å². The highest BCUT2D eigenvalue weighted by Gasteiger charge is 2.68. The summed E-state index contributed by atoms with van der Waals surface area (Å²) in [6.45, 7) is 8.04. The highest BCUT2D eigenvalue weighted by atomic mass is 16.7. The Kier molecular flexibility index (Phi) is 5.79. The number of aliphatic carboxylic acids is 1. The lowest BCUT2D eigenvalue weighted by atomic mass is 9.41.